The Labute approximate surface area is 127 Å². The summed E-state index contributed by atoms with van der Waals surface area (Å²) in [4.78, 5) is 0. The van der Waals surface area contributed by atoms with Gasteiger partial charge in [-0.25, -0.2) is 13.1 Å². The fraction of sp³-hybridized carbons (Fsp3) is 0.600. The molecule has 1 rings (SSSR count). The molecule has 0 spiro atoms. The second kappa shape index (κ2) is 6.04. The highest BCUT2D eigenvalue weighted by atomic mass is 35.5. The van der Waals surface area contributed by atoms with Gasteiger partial charge in [0.15, 0.2) is 0 Å². The molecule has 0 fully saturated rings. The molecule has 0 aliphatic heterocycles. The molecule has 0 saturated carbocycles. The maximum Gasteiger partial charge on any atom is 0.216 e. The van der Waals surface area contributed by atoms with Crippen molar-refractivity contribution in [2.45, 2.75) is 52.3 Å². The zero-order chi connectivity index (χ0) is 15.6. The summed E-state index contributed by atoms with van der Waals surface area (Å²) in [6.45, 7) is 10.1. The van der Waals surface area contributed by atoms with Crippen molar-refractivity contribution in [2.24, 2.45) is 5.41 Å². The maximum atomic E-state index is 12.2. The van der Waals surface area contributed by atoms with Gasteiger partial charge in [-0.3, -0.25) is 0 Å². The lowest BCUT2D eigenvalue weighted by Gasteiger charge is -2.33. The highest BCUT2D eigenvalue weighted by Crippen LogP contribution is 2.27. The third-order valence-electron chi connectivity index (χ3n) is 2.67. The predicted molar refractivity (Wildman–Crippen MR) is 85.4 cm³/mol. The molecule has 0 radical (unpaired) electrons. The Morgan fingerprint density at radius 1 is 1.05 bits per heavy atom. The molecule has 0 aromatic heterocycles. The standard InChI is InChI=1S/C15H24ClNO2S/c1-14(2,3)11-15(4,5)17-20(18,19)10-12-6-8-13(16)9-7-12/h6-9,17H,10-11H2,1-5H3. The van der Waals surface area contributed by atoms with Crippen LogP contribution in [0, 0.1) is 5.41 Å². The van der Waals surface area contributed by atoms with Crippen LogP contribution >= 0.6 is 11.6 Å². The summed E-state index contributed by atoms with van der Waals surface area (Å²) in [5.41, 5.74) is 0.323. The van der Waals surface area contributed by atoms with Crippen LogP contribution in [0.5, 0.6) is 0 Å². The van der Waals surface area contributed by atoms with Gasteiger partial charge in [0.25, 0.3) is 0 Å². The molecule has 0 atom stereocenters. The number of halogens is 1. The number of sulfonamides is 1. The van der Waals surface area contributed by atoms with E-state index >= 15 is 0 Å². The van der Waals surface area contributed by atoms with Crippen molar-refractivity contribution in [1.82, 2.24) is 4.72 Å². The molecule has 0 heterocycles. The zero-order valence-corrected chi connectivity index (χ0v) is 14.4. The summed E-state index contributed by atoms with van der Waals surface area (Å²) in [6, 6.07) is 6.87. The lowest BCUT2D eigenvalue weighted by molar-refractivity contribution is 0.269. The monoisotopic (exact) mass is 317 g/mol. The molecule has 5 heteroatoms. The van der Waals surface area contributed by atoms with E-state index in [1.807, 2.05) is 13.8 Å². The Morgan fingerprint density at radius 3 is 2.00 bits per heavy atom. The predicted octanol–water partition coefficient (Wildman–Crippen LogP) is 3.97. The van der Waals surface area contributed by atoms with Gasteiger partial charge >= 0.3 is 0 Å². The minimum absolute atomic E-state index is 0.0300. The lowest BCUT2D eigenvalue weighted by Crippen LogP contribution is -2.46. The van der Waals surface area contributed by atoms with E-state index in [2.05, 4.69) is 25.5 Å². The van der Waals surface area contributed by atoms with Crippen LogP contribution in [0.2, 0.25) is 5.02 Å². The van der Waals surface area contributed by atoms with Crippen molar-refractivity contribution in [3.63, 3.8) is 0 Å². The molecule has 0 amide bonds. The molecule has 114 valence electrons. The minimum atomic E-state index is -3.37. The normalized spacial score (nSPS) is 13.5. The van der Waals surface area contributed by atoms with Gasteiger partial charge in [-0.1, -0.05) is 44.5 Å². The van der Waals surface area contributed by atoms with Gasteiger partial charge in [-0.05, 0) is 43.4 Å². The van der Waals surface area contributed by atoms with Crippen LogP contribution in [0.1, 0.15) is 46.6 Å². The topological polar surface area (TPSA) is 46.2 Å². The zero-order valence-electron chi connectivity index (χ0n) is 12.8. The van der Waals surface area contributed by atoms with Crippen molar-refractivity contribution in [3.8, 4) is 0 Å². The van der Waals surface area contributed by atoms with Crippen LogP contribution in [0.15, 0.2) is 24.3 Å². The van der Waals surface area contributed by atoms with E-state index in [-0.39, 0.29) is 11.2 Å². The van der Waals surface area contributed by atoms with Gasteiger partial charge < -0.3 is 0 Å². The number of hydrogen-bond acceptors (Lipinski definition) is 2. The van der Waals surface area contributed by atoms with Crippen molar-refractivity contribution in [3.05, 3.63) is 34.9 Å². The molecular formula is C15H24ClNO2S. The van der Waals surface area contributed by atoms with E-state index in [0.29, 0.717) is 5.02 Å². The molecule has 0 bridgehead atoms. The molecule has 20 heavy (non-hydrogen) atoms. The molecule has 1 aromatic rings. The van der Waals surface area contributed by atoms with E-state index in [4.69, 9.17) is 11.6 Å². The van der Waals surface area contributed by atoms with Crippen molar-refractivity contribution >= 4 is 21.6 Å². The van der Waals surface area contributed by atoms with Crippen LogP contribution in [-0.2, 0) is 15.8 Å². The highest BCUT2D eigenvalue weighted by Gasteiger charge is 2.29. The van der Waals surface area contributed by atoms with E-state index < -0.39 is 15.6 Å². The summed E-state index contributed by atoms with van der Waals surface area (Å²) in [6.07, 6.45) is 0.764. The summed E-state index contributed by atoms with van der Waals surface area (Å²) >= 11 is 5.80. The first kappa shape index (κ1) is 17.5. The van der Waals surface area contributed by atoms with Crippen LogP contribution in [0.4, 0.5) is 0 Å². The van der Waals surface area contributed by atoms with Gasteiger partial charge in [0.2, 0.25) is 10.0 Å². The lowest BCUT2D eigenvalue weighted by atomic mass is 9.82. The van der Waals surface area contributed by atoms with Gasteiger partial charge in [-0.15, -0.1) is 0 Å². The Hall–Kier alpha value is -0.580. The summed E-state index contributed by atoms with van der Waals surface area (Å²) < 4.78 is 27.3. The summed E-state index contributed by atoms with van der Waals surface area (Å²) in [7, 11) is -3.37. The van der Waals surface area contributed by atoms with Gasteiger partial charge in [-0.2, -0.15) is 0 Å². The van der Waals surface area contributed by atoms with Crippen LogP contribution in [-0.4, -0.2) is 14.0 Å². The van der Waals surface area contributed by atoms with Crippen LogP contribution in [0.25, 0.3) is 0 Å². The maximum absolute atomic E-state index is 12.2. The third kappa shape index (κ3) is 6.73. The second-order valence-corrected chi connectivity index (χ2v) is 9.27. The summed E-state index contributed by atoms with van der Waals surface area (Å²) in [5, 5.41) is 0.604. The highest BCUT2D eigenvalue weighted by molar-refractivity contribution is 7.88. The first-order valence-electron chi connectivity index (χ1n) is 6.65. The minimum Gasteiger partial charge on any atom is -0.212 e. The largest absolute Gasteiger partial charge is 0.216 e. The molecule has 0 saturated heterocycles. The number of hydrogen-bond donors (Lipinski definition) is 1. The SMILES string of the molecule is CC(C)(C)CC(C)(C)NS(=O)(=O)Cc1ccc(Cl)cc1. The third-order valence-corrected chi connectivity index (χ3v) is 4.50. The Bertz CT molecular complexity index is 542. The van der Waals surface area contributed by atoms with Gasteiger partial charge in [0.05, 0.1) is 5.75 Å². The number of rotatable bonds is 5. The Morgan fingerprint density at radius 2 is 1.55 bits per heavy atom. The van der Waals surface area contributed by atoms with E-state index in [0.717, 1.165) is 12.0 Å². The number of nitrogens with one attached hydrogen (secondary N) is 1. The second-order valence-electron chi connectivity index (χ2n) is 7.11. The number of benzene rings is 1. The van der Waals surface area contributed by atoms with Crippen molar-refractivity contribution < 1.29 is 8.42 Å². The first-order chi connectivity index (χ1) is 8.89. The van der Waals surface area contributed by atoms with Gasteiger partial charge in [0.1, 0.15) is 0 Å². The molecule has 1 N–H and O–H groups in total. The van der Waals surface area contributed by atoms with Crippen LogP contribution < -0.4 is 4.72 Å². The van der Waals surface area contributed by atoms with Crippen molar-refractivity contribution in [2.75, 3.05) is 0 Å². The Balaban J connectivity index is 2.77. The molecular weight excluding hydrogens is 294 g/mol. The average molecular weight is 318 g/mol. The smallest absolute Gasteiger partial charge is 0.212 e. The molecule has 1 aromatic carbocycles. The fourth-order valence-corrected chi connectivity index (χ4v) is 4.36. The molecule has 0 aliphatic rings. The van der Waals surface area contributed by atoms with Crippen molar-refractivity contribution in [1.29, 1.82) is 0 Å². The fourth-order valence-electron chi connectivity index (χ4n) is 2.62. The van der Waals surface area contributed by atoms with E-state index in [1.54, 1.807) is 24.3 Å². The molecule has 0 unspecified atom stereocenters. The van der Waals surface area contributed by atoms with E-state index in [9.17, 15) is 8.42 Å². The molecule has 3 nitrogen and oxygen atoms in total. The summed E-state index contributed by atoms with van der Waals surface area (Å²) in [5.74, 6) is -0.0300. The van der Waals surface area contributed by atoms with Gasteiger partial charge in [0, 0.05) is 10.6 Å². The Kier molecular flexibility index (Phi) is 5.28. The molecule has 0 aliphatic carbocycles. The van der Waals surface area contributed by atoms with E-state index in [1.165, 1.54) is 0 Å². The van der Waals surface area contributed by atoms with Crippen LogP contribution in [0.3, 0.4) is 0 Å². The average Bonchev–Trinajstić information content (AvgIpc) is 2.15. The quantitative estimate of drug-likeness (QED) is 0.893. The first-order valence-corrected chi connectivity index (χ1v) is 8.68.